The molecule has 0 spiro atoms. The zero-order chi connectivity index (χ0) is 20.2. The van der Waals surface area contributed by atoms with Gasteiger partial charge in [0.15, 0.2) is 5.16 Å². The summed E-state index contributed by atoms with van der Waals surface area (Å²) in [5.41, 5.74) is 0.483. The van der Waals surface area contributed by atoms with E-state index in [0.29, 0.717) is 45.7 Å². The van der Waals surface area contributed by atoms with Gasteiger partial charge in [0, 0.05) is 17.4 Å². The average Bonchev–Trinajstić information content (AvgIpc) is 3.22. The molecule has 8 heteroatoms. The number of aromatic nitrogens is 2. The predicted molar refractivity (Wildman–Crippen MR) is 113 cm³/mol. The highest BCUT2D eigenvalue weighted by atomic mass is 35.5. The Labute approximate surface area is 176 Å². The maximum Gasteiger partial charge on any atom is 0.262 e. The molecule has 0 radical (unpaired) electrons. The molecule has 0 unspecified atom stereocenters. The minimum absolute atomic E-state index is 0.0223. The van der Waals surface area contributed by atoms with Crippen molar-refractivity contribution in [2.24, 2.45) is 0 Å². The maximum atomic E-state index is 13.1. The van der Waals surface area contributed by atoms with Crippen molar-refractivity contribution in [1.82, 2.24) is 9.55 Å². The fraction of sp³-hybridized carbons (Fsp3) is 0.333. The molecule has 1 aliphatic heterocycles. The topological polar surface area (TPSA) is 53.3 Å². The molecule has 1 atom stereocenters. The molecule has 29 heavy (non-hydrogen) atoms. The van der Waals surface area contributed by atoms with Crippen LogP contribution in [0.1, 0.15) is 12.8 Å². The number of hydrogen-bond acceptors (Lipinski definition) is 5. The van der Waals surface area contributed by atoms with E-state index in [2.05, 4.69) is 4.98 Å². The largest absolute Gasteiger partial charge is 0.493 e. The monoisotopic (exact) mass is 434 g/mol. The molecule has 0 amide bonds. The highest BCUT2D eigenvalue weighted by Gasteiger charge is 2.20. The minimum atomic E-state index is -0.302. The Morgan fingerprint density at radius 3 is 2.86 bits per heavy atom. The molecule has 4 rings (SSSR count). The lowest BCUT2D eigenvalue weighted by atomic mass is 10.2. The first-order valence-corrected chi connectivity index (χ1v) is 10.8. The number of thioether (sulfide) groups is 1. The van der Waals surface area contributed by atoms with Gasteiger partial charge in [0.1, 0.15) is 11.6 Å². The van der Waals surface area contributed by atoms with Crippen LogP contribution in [0.15, 0.2) is 52.4 Å². The number of nitrogens with zero attached hydrogens (tertiary/aromatic N) is 2. The van der Waals surface area contributed by atoms with Gasteiger partial charge in [-0.1, -0.05) is 23.4 Å². The van der Waals surface area contributed by atoms with E-state index in [1.165, 1.54) is 23.9 Å². The zero-order valence-electron chi connectivity index (χ0n) is 15.6. The molecule has 2 heterocycles. The van der Waals surface area contributed by atoms with Gasteiger partial charge in [-0.05, 0) is 55.3 Å². The second-order valence-electron chi connectivity index (χ2n) is 6.76. The summed E-state index contributed by atoms with van der Waals surface area (Å²) >= 11 is 7.53. The van der Waals surface area contributed by atoms with Gasteiger partial charge in [0.05, 0.1) is 30.2 Å². The zero-order valence-corrected chi connectivity index (χ0v) is 17.2. The summed E-state index contributed by atoms with van der Waals surface area (Å²) in [7, 11) is 0. The Kier molecular flexibility index (Phi) is 6.37. The molecule has 0 aliphatic carbocycles. The minimum Gasteiger partial charge on any atom is -0.493 e. The number of ether oxygens (including phenoxy) is 2. The molecule has 2 aromatic carbocycles. The highest BCUT2D eigenvalue weighted by molar-refractivity contribution is 7.99. The third-order valence-corrected chi connectivity index (χ3v) is 5.87. The summed E-state index contributed by atoms with van der Waals surface area (Å²) in [4.78, 5) is 17.8. The molecule has 0 saturated carbocycles. The fourth-order valence-electron chi connectivity index (χ4n) is 3.26. The number of rotatable bonds is 7. The summed E-state index contributed by atoms with van der Waals surface area (Å²) in [5.74, 6) is 0.882. The number of benzene rings is 2. The van der Waals surface area contributed by atoms with E-state index in [9.17, 15) is 9.18 Å². The van der Waals surface area contributed by atoms with Gasteiger partial charge in [-0.3, -0.25) is 9.36 Å². The highest BCUT2D eigenvalue weighted by Crippen LogP contribution is 2.23. The molecule has 3 aromatic rings. The lowest BCUT2D eigenvalue weighted by Crippen LogP contribution is -2.29. The smallest absolute Gasteiger partial charge is 0.262 e. The van der Waals surface area contributed by atoms with Crippen molar-refractivity contribution in [1.29, 1.82) is 0 Å². The van der Waals surface area contributed by atoms with Crippen LogP contribution in [-0.2, 0) is 11.3 Å². The van der Waals surface area contributed by atoms with Gasteiger partial charge in [0.2, 0.25) is 0 Å². The lowest BCUT2D eigenvalue weighted by Gasteiger charge is -2.16. The summed E-state index contributed by atoms with van der Waals surface area (Å²) in [5, 5.41) is 1.69. The van der Waals surface area contributed by atoms with Crippen LogP contribution in [0, 0.1) is 5.82 Å². The molecule has 1 fully saturated rings. The van der Waals surface area contributed by atoms with Gasteiger partial charge in [-0.25, -0.2) is 9.37 Å². The molecule has 0 N–H and O–H groups in total. The molecule has 1 saturated heterocycles. The van der Waals surface area contributed by atoms with Crippen LogP contribution in [0.5, 0.6) is 5.75 Å². The standard InChI is InChI=1S/C21H20ClFN2O3S/c22-14-3-8-18-19(12-14)24-21(25(20(18)26)13-17-2-1-9-27-17)29-11-10-28-16-6-4-15(23)5-7-16/h3-8,12,17H,1-2,9-11,13H2/t17-/m1/s1. The first kappa shape index (κ1) is 20.2. The van der Waals surface area contributed by atoms with Crippen molar-refractivity contribution < 1.29 is 13.9 Å². The average molecular weight is 435 g/mol. The predicted octanol–water partition coefficient (Wildman–Crippen LogP) is 4.54. The third kappa shape index (κ3) is 4.91. The lowest BCUT2D eigenvalue weighted by molar-refractivity contribution is 0.0937. The summed E-state index contributed by atoms with van der Waals surface area (Å²) in [6.45, 7) is 1.61. The van der Waals surface area contributed by atoms with Gasteiger partial charge in [-0.15, -0.1) is 0 Å². The molecule has 152 valence electrons. The van der Waals surface area contributed by atoms with Crippen LogP contribution in [-0.4, -0.2) is 34.6 Å². The van der Waals surface area contributed by atoms with E-state index in [-0.39, 0.29) is 17.5 Å². The summed E-state index contributed by atoms with van der Waals surface area (Å²) in [6, 6.07) is 11.0. The Balaban J connectivity index is 1.53. The maximum absolute atomic E-state index is 13.1. The SMILES string of the molecule is O=c1c2ccc(Cl)cc2nc(SCCOc2ccc(F)cc2)n1C[C@H]1CCCO1. The molecular weight excluding hydrogens is 415 g/mol. The first-order valence-electron chi connectivity index (χ1n) is 9.43. The third-order valence-electron chi connectivity index (χ3n) is 4.69. The van der Waals surface area contributed by atoms with Gasteiger partial charge >= 0.3 is 0 Å². The fourth-order valence-corrected chi connectivity index (χ4v) is 4.25. The van der Waals surface area contributed by atoms with Gasteiger partial charge in [0.25, 0.3) is 5.56 Å². The Hall–Kier alpha value is -2.09. The van der Waals surface area contributed by atoms with E-state index >= 15 is 0 Å². The normalized spacial score (nSPS) is 16.4. The number of halogens is 2. The molecule has 5 nitrogen and oxygen atoms in total. The van der Waals surface area contributed by atoms with Gasteiger partial charge < -0.3 is 9.47 Å². The van der Waals surface area contributed by atoms with Crippen LogP contribution >= 0.6 is 23.4 Å². The van der Waals surface area contributed by atoms with Crippen molar-refractivity contribution in [3.63, 3.8) is 0 Å². The van der Waals surface area contributed by atoms with Crippen LogP contribution in [0.4, 0.5) is 4.39 Å². The molecule has 0 bridgehead atoms. The second kappa shape index (κ2) is 9.15. The number of fused-ring (bicyclic) bond motifs is 1. The van der Waals surface area contributed by atoms with Crippen molar-refractivity contribution in [3.05, 3.63) is 63.7 Å². The Morgan fingerprint density at radius 2 is 2.10 bits per heavy atom. The van der Waals surface area contributed by atoms with Crippen molar-refractivity contribution in [3.8, 4) is 5.75 Å². The quantitative estimate of drug-likeness (QED) is 0.310. The van der Waals surface area contributed by atoms with Crippen LogP contribution in [0.3, 0.4) is 0 Å². The molecular formula is C21H20ClFN2O3S. The summed E-state index contributed by atoms with van der Waals surface area (Å²) < 4.78 is 26.0. The first-order chi connectivity index (χ1) is 14.1. The van der Waals surface area contributed by atoms with Crippen molar-refractivity contribution in [2.75, 3.05) is 19.0 Å². The summed E-state index contributed by atoms with van der Waals surface area (Å²) in [6.07, 6.45) is 1.96. The van der Waals surface area contributed by atoms with E-state index in [1.807, 2.05) is 0 Å². The van der Waals surface area contributed by atoms with E-state index in [4.69, 9.17) is 21.1 Å². The van der Waals surface area contributed by atoms with Crippen LogP contribution < -0.4 is 10.3 Å². The van der Waals surface area contributed by atoms with E-state index in [1.54, 1.807) is 34.9 Å². The van der Waals surface area contributed by atoms with Crippen LogP contribution in [0.2, 0.25) is 5.02 Å². The second-order valence-corrected chi connectivity index (χ2v) is 8.26. The van der Waals surface area contributed by atoms with Gasteiger partial charge in [-0.2, -0.15) is 0 Å². The molecule has 1 aromatic heterocycles. The van der Waals surface area contributed by atoms with E-state index in [0.717, 1.165) is 19.4 Å². The van der Waals surface area contributed by atoms with E-state index < -0.39 is 0 Å². The number of hydrogen-bond donors (Lipinski definition) is 0. The molecule has 1 aliphatic rings. The Bertz CT molecular complexity index is 1050. The van der Waals surface area contributed by atoms with Crippen LogP contribution in [0.25, 0.3) is 10.9 Å². The van der Waals surface area contributed by atoms with Crippen molar-refractivity contribution in [2.45, 2.75) is 30.6 Å². The van der Waals surface area contributed by atoms with Crippen molar-refractivity contribution >= 4 is 34.3 Å². The Morgan fingerprint density at radius 1 is 1.28 bits per heavy atom.